The zero-order chi connectivity index (χ0) is 17.7. The van der Waals surface area contributed by atoms with Crippen molar-refractivity contribution in [2.75, 3.05) is 0 Å². The van der Waals surface area contributed by atoms with Crippen molar-refractivity contribution in [1.82, 2.24) is 0 Å². The van der Waals surface area contributed by atoms with Crippen LogP contribution in [0.5, 0.6) is 0 Å². The fraction of sp³-hybridized carbons (Fsp3) is 0.955. The first-order chi connectivity index (χ1) is 11.8. The molecule has 4 heteroatoms. The maximum atomic E-state index is 10.4. The average Bonchev–Trinajstić information content (AvgIpc) is 2.56. The van der Waals surface area contributed by atoms with E-state index in [1.165, 1.54) is 109 Å². The van der Waals surface area contributed by atoms with E-state index in [-0.39, 0.29) is 40.1 Å². The maximum Gasteiger partial charge on any atom is 0.303 e. The van der Waals surface area contributed by atoms with E-state index in [1.54, 1.807) is 0 Å². The fourth-order valence-electron chi connectivity index (χ4n) is 3.35. The molecule has 0 aromatic carbocycles. The number of carbonyl (C=O) groups is 1. The zero-order valence-electron chi connectivity index (χ0n) is 17.6. The van der Waals surface area contributed by atoms with Crippen LogP contribution in [0.3, 0.4) is 0 Å². The summed E-state index contributed by atoms with van der Waals surface area (Å²) in [7, 11) is 0. The summed E-state index contributed by atoms with van der Waals surface area (Å²) in [4.78, 5) is 10.4. The van der Waals surface area contributed by atoms with Gasteiger partial charge in [0.2, 0.25) is 0 Å². The molecule has 0 aliphatic carbocycles. The summed E-state index contributed by atoms with van der Waals surface area (Å²) in [5.41, 5.74) is 0. The molecule has 0 aliphatic rings. The van der Waals surface area contributed by atoms with Gasteiger partial charge in [-0.2, -0.15) is 0 Å². The average molecular weight is 421 g/mol. The molecule has 0 aliphatic heterocycles. The molecule has 154 valence electrons. The minimum absolute atomic E-state index is 0. The molecular formula is C22H44FeMgO2. The van der Waals surface area contributed by atoms with E-state index in [1.807, 2.05) is 0 Å². The Labute approximate surface area is 190 Å². The molecule has 0 rings (SSSR count). The molecule has 0 heterocycles. The van der Waals surface area contributed by atoms with E-state index in [9.17, 15) is 4.79 Å². The van der Waals surface area contributed by atoms with Crippen LogP contribution in [0.2, 0.25) is 0 Å². The molecule has 26 heavy (non-hydrogen) atoms. The predicted molar refractivity (Wildman–Crippen MR) is 111 cm³/mol. The Balaban J connectivity index is -0.00000264. The molecule has 2 nitrogen and oxygen atoms in total. The Kier molecular flexibility index (Phi) is 33.8. The van der Waals surface area contributed by atoms with E-state index >= 15 is 0 Å². The van der Waals surface area contributed by atoms with E-state index in [0.717, 1.165) is 12.8 Å². The summed E-state index contributed by atoms with van der Waals surface area (Å²) < 4.78 is 0. The summed E-state index contributed by atoms with van der Waals surface area (Å²) in [6.07, 6.45) is 26.1. The SMILES string of the molecule is CCCCCCCCCCCCCCCCCCCCCC(=O)O.[Fe].[Mg]. The third-order valence-corrected chi connectivity index (χ3v) is 4.99. The Morgan fingerprint density at radius 1 is 0.538 bits per heavy atom. The minimum Gasteiger partial charge on any atom is -0.481 e. The Bertz CT molecular complexity index is 263. The van der Waals surface area contributed by atoms with Crippen LogP contribution >= 0.6 is 0 Å². The van der Waals surface area contributed by atoms with Crippen molar-refractivity contribution < 1.29 is 27.0 Å². The fourth-order valence-corrected chi connectivity index (χ4v) is 3.35. The van der Waals surface area contributed by atoms with Crippen LogP contribution in [0.25, 0.3) is 0 Å². The normalized spacial score (nSPS) is 10.2. The summed E-state index contributed by atoms with van der Waals surface area (Å²) in [6.45, 7) is 2.28. The van der Waals surface area contributed by atoms with Crippen molar-refractivity contribution in [3.8, 4) is 0 Å². The number of unbranched alkanes of at least 4 members (excludes halogenated alkanes) is 18. The Hall–Kier alpha value is 0.756. The second kappa shape index (κ2) is 28.0. The maximum absolute atomic E-state index is 10.4. The molecule has 1 N–H and O–H groups in total. The quantitative estimate of drug-likeness (QED) is 0.163. The van der Waals surface area contributed by atoms with Crippen LogP contribution in [-0.2, 0) is 21.9 Å². The van der Waals surface area contributed by atoms with Gasteiger partial charge < -0.3 is 5.11 Å². The molecule has 0 fully saturated rings. The largest absolute Gasteiger partial charge is 0.481 e. The van der Waals surface area contributed by atoms with Gasteiger partial charge in [0.15, 0.2) is 0 Å². The van der Waals surface area contributed by atoms with Gasteiger partial charge in [0.05, 0.1) is 0 Å². The minimum atomic E-state index is -0.651. The van der Waals surface area contributed by atoms with Gasteiger partial charge in [0.25, 0.3) is 0 Å². The first-order valence-electron chi connectivity index (χ1n) is 11.0. The first-order valence-corrected chi connectivity index (χ1v) is 11.0. The molecule has 0 atom stereocenters. The van der Waals surface area contributed by atoms with Crippen LogP contribution in [0.4, 0.5) is 0 Å². The predicted octanol–water partition coefficient (Wildman–Crippen LogP) is 7.51. The third-order valence-electron chi connectivity index (χ3n) is 4.99. The van der Waals surface area contributed by atoms with Gasteiger partial charge in [-0.05, 0) is 6.42 Å². The molecule has 2 radical (unpaired) electrons. The van der Waals surface area contributed by atoms with Gasteiger partial charge in [0, 0.05) is 46.5 Å². The molecule has 0 bridgehead atoms. The van der Waals surface area contributed by atoms with Gasteiger partial charge in [0.1, 0.15) is 0 Å². The Morgan fingerprint density at radius 3 is 1.00 bits per heavy atom. The third kappa shape index (κ3) is 29.5. The van der Waals surface area contributed by atoms with E-state index in [4.69, 9.17) is 5.11 Å². The second-order valence-corrected chi connectivity index (χ2v) is 7.51. The summed E-state index contributed by atoms with van der Waals surface area (Å²) in [6, 6.07) is 0. The number of carboxylic acid groups (broad SMARTS) is 1. The van der Waals surface area contributed by atoms with E-state index in [0.29, 0.717) is 6.42 Å². The number of hydrogen-bond acceptors (Lipinski definition) is 1. The van der Waals surface area contributed by atoms with Gasteiger partial charge in [-0.25, -0.2) is 0 Å². The monoisotopic (exact) mass is 420 g/mol. The van der Waals surface area contributed by atoms with Gasteiger partial charge >= 0.3 is 5.97 Å². The summed E-state index contributed by atoms with van der Waals surface area (Å²) in [5, 5.41) is 8.56. The summed E-state index contributed by atoms with van der Waals surface area (Å²) >= 11 is 0. The molecule has 0 saturated heterocycles. The molecule has 0 saturated carbocycles. The van der Waals surface area contributed by atoms with Crippen molar-refractivity contribution >= 4 is 29.0 Å². The Morgan fingerprint density at radius 2 is 0.769 bits per heavy atom. The van der Waals surface area contributed by atoms with E-state index < -0.39 is 5.97 Å². The second-order valence-electron chi connectivity index (χ2n) is 7.51. The van der Waals surface area contributed by atoms with E-state index in [2.05, 4.69) is 6.92 Å². The smallest absolute Gasteiger partial charge is 0.303 e. The van der Waals surface area contributed by atoms with Crippen LogP contribution in [0.1, 0.15) is 135 Å². The molecular weight excluding hydrogens is 376 g/mol. The van der Waals surface area contributed by atoms with Crippen molar-refractivity contribution in [3.63, 3.8) is 0 Å². The van der Waals surface area contributed by atoms with Crippen molar-refractivity contribution in [1.29, 1.82) is 0 Å². The number of aliphatic carboxylic acids is 1. The topological polar surface area (TPSA) is 37.3 Å². The van der Waals surface area contributed by atoms with Gasteiger partial charge in [-0.15, -0.1) is 0 Å². The standard InChI is InChI=1S/C22H44O2.Fe.Mg/c1-2-3-4-5-6-7-8-9-10-11-12-13-14-15-16-17-18-19-20-21-22(23)24;;/h2-21H2,1H3,(H,23,24);;. The molecule has 0 aromatic rings. The molecule has 0 spiro atoms. The number of hydrogen-bond donors (Lipinski definition) is 1. The van der Waals surface area contributed by atoms with Crippen molar-refractivity contribution in [2.24, 2.45) is 0 Å². The first kappa shape index (κ1) is 31.5. The van der Waals surface area contributed by atoms with Crippen LogP contribution in [-0.4, -0.2) is 34.1 Å². The zero-order valence-corrected chi connectivity index (χ0v) is 20.1. The molecule has 0 aromatic heterocycles. The van der Waals surface area contributed by atoms with Crippen LogP contribution < -0.4 is 0 Å². The molecule has 0 amide bonds. The number of carboxylic acids is 1. The number of rotatable bonds is 20. The van der Waals surface area contributed by atoms with Crippen LogP contribution in [0, 0.1) is 0 Å². The van der Waals surface area contributed by atoms with Gasteiger partial charge in [-0.1, -0.05) is 122 Å². The van der Waals surface area contributed by atoms with Crippen molar-refractivity contribution in [3.05, 3.63) is 0 Å². The van der Waals surface area contributed by atoms with Crippen molar-refractivity contribution in [2.45, 2.75) is 135 Å². The summed E-state index contributed by atoms with van der Waals surface area (Å²) in [5.74, 6) is -0.651. The van der Waals surface area contributed by atoms with Crippen LogP contribution in [0.15, 0.2) is 0 Å². The molecule has 0 unspecified atom stereocenters. The van der Waals surface area contributed by atoms with Gasteiger partial charge in [-0.3, -0.25) is 4.79 Å².